The predicted molar refractivity (Wildman–Crippen MR) is 66.1 cm³/mol. The number of hydrogen-bond acceptors (Lipinski definition) is 6. The molecule has 82 valence electrons. The minimum absolute atomic E-state index is 0.268. The van der Waals surface area contributed by atoms with E-state index in [2.05, 4.69) is 15.3 Å². The Bertz CT molecular complexity index is 500. The minimum atomic E-state index is 0.268. The number of halogens is 1. The molecule has 2 aromatic heterocycles. The van der Waals surface area contributed by atoms with Crippen LogP contribution in [0.5, 0.6) is 0 Å². The predicted octanol–water partition coefficient (Wildman–Crippen LogP) is 2.78. The van der Waals surface area contributed by atoms with Gasteiger partial charge in [-0.1, -0.05) is 22.9 Å². The Balaban J connectivity index is 1.88. The van der Waals surface area contributed by atoms with Gasteiger partial charge in [0.25, 0.3) is 0 Å². The zero-order valence-corrected chi connectivity index (χ0v) is 10.5. The van der Waals surface area contributed by atoms with E-state index in [1.807, 2.05) is 11.4 Å². The van der Waals surface area contributed by atoms with Gasteiger partial charge >= 0.3 is 0 Å². The van der Waals surface area contributed by atoms with E-state index in [-0.39, 0.29) is 5.15 Å². The van der Waals surface area contributed by atoms with Crippen LogP contribution in [0.4, 0.5) is 5.13 Å². The van der Waals surface area contributed by atoms with Crippen LogP contribution in [-0.2, 0) is 6.42 Å². The molecule has 0 aliphatic rings. The first kappa shape index (κ1) is 11.3. The van der Waals surface area contributed by atoms with Gasteiger partial charge in [0.05, 0.1) is 5.01 Å². The molecule has 0 unspecified atom stereocenters. The molecule has 0 aromatic carbocycles. The maximum Gasteiger partial charge on any atom is 0.185 e. The highest BCUT2D eigenvalue weighted by molar-refractivity contribution is 7.16. The molecule has 0 fully saturated rings. The second kappa shape index (κ2) is 5.25. The molecule has 1 N–H and O–H groups in total. The third kappa shape index (κ3) is 2.70. The second-order valence-corrected chi connectivity index (χ2v) is 5.19. The standard InChI is InChI=1S/C9H7ClN4S2/c10-8-6(5-11)16-9(14-8)13-2-1-7-12-3-4-15-7/h3-4H,1-2H2,(H,13,14). The maximum atomic E-state index is 8.71. The first-order valence-corrected chi connectivity index (χ1v) is 6.55. The van der Waals surface area contributed by atoms with Gasteiger partial charge in [-0.2, -0.15) is 5.26 Å². The Morgan fingerprint density at radius 2 is 2.44 bits per heavy atom. The quantitative estimate of drug-likeness (QED) is 0.928. The van der Waals surface area contributed by atoms with Crippen molar-refractivity contribution in [1.29, 1.82) is 5.26 Å². The van der Waals surface area contributed by atoms with Crippen molar-refractivity contribution in [2.24, 2.45) is 0 Å². The fourth-order valence-corrected chi connectivity index (χ4v) is 2.69. The molecule has 7 heteroatoms. The van der Waals surface area contributed by atoms with Gasteiger partial charge in [0.2, 0.25) is 0 Å². The zero-order valence-electron chi connectivity index (χ0n) is 8.11. The van der Waals surface area contributed by atoms with Gasteiger partial charge in [-0.25, -0.2) is 9.97 Å². The van der Waals surface area contributed by atoms with Gasteiger partial charge in [0.1, 0.15) is 10.9 Å². The van der Waals surface area contributed by atoms with E-state index in [0.717, 1.165) is 18.0 Å². The number of nitrogens with one attached hydrogen (secondary N) is 1. The molecule has 0 aliphatic heterocycles. The van der Waals surface area contributed by atoms with Crippen LogP contribution in [-0.4, -0.2) is 16.5 Å². The summed E-state index contributed by atoms with van der Waals surface area (Å²) in [5.74, 6) is 0. The molecular weight excluding hydrogens is 264 g/mol. The molecule has 4 nitrogen and oxygen atoms in total. The van der Waals surface area contributed by atoms with Crippen LogP contribution >= 0.6 is 34.3 Å². The zero-order chi connectivity index (χ0) is 11.4. The van der Waals surface area contributed by atoms with Crippen LogP contribution in [0.25, 0.3) is 0 Å². The molecule has 0 radical (unpaired) electrons. The highest BCUT2D eigenvalue weighted by atomic mass is 35.5. The number of anilines is 1. The van der Waals surface area contributed by atoms with E-state index in [1.54, 1.807) is 17.5 Å². The lowest BCUT2D eigenvalue weighted by molar-refractivity contribution is 0.995. The van der Waals surface area contributed by atoms with E-state index in [0.29, 0.717) is 10.0 Å². The summed E-state index contributed by atoms with van der Waals surface area (Å²) in [6, 6.07) is 1.99. The van der Waals surface area contributed by atoms with E-state index < -0.39 is 0 Å². The van der Waals surface area contributed by atoms with Crippen molar-refractivity contribution in [2.45, 2.75) is 6.42 Å². The lowest BCUT2D eigenvalue weighted by Crippen LogP contribution is -2.03. The lowest BCUT2D eigenvalue weighted by Gasteiger charge is -1.98. The number of thiazole rings is 2. The Hall–Kier alpha value is -1.16. The van der Waals surface area contributed by atoms with Crippen molar-refractivity contribution in [3.63, 3.8) is 0 Å². The maximum absolute atomic E-state index is 8.71. The van der Waals surface area contributed by atoms with Crippen molar-refractivity contribution in [2.75, 3.05) is 11.9 Å². The molecular formula is C9H7ClN4S2. The largest absolute Gasteiger partial charge is 0.361 e. The SMILES string of the molecule is N#Cc1sc(NCCc2nccs2)nc1Cl. The van der Waals surface area contributed by atoms with Crippen LogP contribution < -0.4 is 5.32 Å². The average molecular weight is 271 g/mol. The molecule has 0 bridgehead atoms. The Morgan fingerprint density at radius 1 is 1.56 bits per heavy atom. The number of nitriles is 1. The van der Waals surface area contributed by atoms with E-state index in [9.17, 15) is 0 Å². The fourth-order valence-electron chi connectivity index (χ4n) is 1.10. The van der Waals surface area contributed by atoms with Gasteiger partial charge in [-0.3, -0.25) is 0 Å². The Morgan fingerprint density at radius 3 is 3.06 bits per heavy atom. The number of hydrogen-bond donors (Lipinski definition) is 1. The summed E-state index contributed by atoms with van der Waals surface area (Å²) in [5, 5.41) is 15.8. The highest BCUT2D eigenvalue weighted by Gasteiger charge is 2.07. The average Bonchev–Trinajstić information content (AvgIpc) is 2.88. The number of aromatic nitrogens is 2. The third-order valence-electron chi connectivity index (χ3n) is 1.79. The summed E-state index contributed by atoms with van der Waals surface area (Å²) in [6.07, 6.45) is 2.63. The molecule has 0 saturated carbocycles. The third-order valence-corrected chi connectivity index (χ3v) is 3.93. The van der Waals surface area contributed by atoms with Gasteiger partial charge in [0, 0.05) is 24.5 Å². The normalized spacial score (nSPS) is 10.0. The Kier molecular flexibility index (Phi) is 3.72. The van der Waals surface area contributed by atoms with Crippen LogP contribution in [0, 0.1) is 11.3 Å². The Labute approximate surface area is 106 Å². The van der Waals surface area contributed by atoms with Gasteiger partial charge in [-0.15, -0.1) is 11.3 Å². The van der Waals surface area contributed by atoms with Crippen molar-refractivity contribution in [1.82, 2.24) is 9.97 Å². The summed E-state index contributed by atoms with van der Waals surface area (Å²) in [7, 11) is 0. The molecule has 2 aromatic rings. The van der Waals surface area contributed by atoms with Crippen LogP contribution in [0.15, 0.2) is 11.6 Å². The first-order valence-electron chi connectivity index (χ1n) is 4.48. The monoisotopic (exact) mass is 270 g/mol. The molecule has 0 amide bonds. The topological polar surface area (TPSA) is 61.6 Å². The molecule has 0 aliphatic carbocycles. The van der Waals surface area contributed by atoms with Crippen molar-refractivity contribution < 1.29 is 0 Å². The van der Waals surface area contributed by atoms with Crippen LogP contribution in [0.1, 0.15) is 9.88 Å². The highest BCUT2D eigenvalue weighted by Crippen LogP contribution is 2.25. The van der Waals surface area contributed by atoms with E-state index in [1.165, 1.54) is 11.3 Å². The van der Waals surface area contributed by atoms with Gasteiger partial charge < -0.3 is 5.32 Å². The number of rotatable bonds is 4. The van der Waals surface area contributed by atoms with Crippen molar-refractivity contribution in [3.8, 4) is 6.07 Å². The molecule has 0 saturated heterocycles. The summed E-state index contributed by atoms with van der Waals surface area (Å²) in [6.45, 7) is 0.738. The van der Waals surface area contributed by atoms with Crippen LogP contribution in [0.2, 0.25) is 5.15 Å². The molecule has 2 rings (SSSR count). The minimum Gasteiger partial charge on any atom is -0.361 e. The summed E-state index contributed by atoms with van der Waals surface area (Å²) < 4.78 is 0. The molecule has 0 spiro atoms. The van der Waals surface area contributed by atoms with Crippen LogP contribution in [0.3, 0.4) is 0 Å². The summed E-state index contributed by atoms with van der Waals surface area (Å²) in [5.41, 5.74) is 0. The van der Waals surface area contributed by atoms with Gasteiger partial charge in [-0.05, 0) is 0 Å². The smallest absolute Gasteiger partial charge is 0.185 e. The first-order chi connectivity index (χ1) is 7.79. The van der Waals surface area contributed by atoms with Crippen molar-refractivity contribution >= 4 is 39.4 Å². The van der Waals surface area contributed by atoms with Crippen molar-refractivity contribution in [3.05, 3.63) is 26.6 Å². The second-order valence-electron chi connectivity index (χ2n) is 2.85. The number of nitrogens with zero attached hydrogens (tertiary/aromatic N) is 3. The van der Waals surface area contributed by atoms with E-state index >= 15 is 0 Å². The summed E-state index contributed by atoms with van der Waals surface area (Å²) in [4.78, 5) is 8.65. The molecule has 16 heavy (non-hydrogen) atoms. The molecule has 2 heterocycles. The molecule has 0 atom stereocenters. The van der Waals surface area contributed by atoms with Gasteiger partial charge in [0.15, 0.2) is 10.3 Å². The fraction of sp³-hybridized carbons (Fsp3) is 0.222. The summed E-state index contributed by atoms with van der Waals surface area (Å²) >= 11 is 8.64. The van der Waals surface area contributed by atoms with E-state index in [4.69, 9.17) is 16.9 Å². The lowest BCUT2D eigenvalue weighted by atomic mass is 10.4.